The number of ether oxygens (including phenoxy) is 3. The second-order valence-corrected chi connectivity index (χ2v) is 10.2. The van der Waals surface area contributed by atoms with E-state index in [-0.39, 0.29) is 19.4 Å². The molecule has 0 aliphatic carbocycles. The fourth-order valence-corrected chi connectivity index (χ4v) is 5.18. The van der Waals surface area contributed by atoms with E-state index in [1.165, 1.54) is 23.6 Å². The van der Waals surface area contributed by atoms with Gasteiger partial charge in [-0.25, -0.2) is 0 Å². The van der Waals surface area contributed by atoms with E-state index in [0.717, 1.165) is 44.5 Å². The number of fused-ring (bicyclic) bond motifs is 1. The highest BCUT2D eigenvalue weighted by Gasteiger charge is 2.28. The van der Waals surface area contributed by atoms with Crippen LogP contribution in [0.2, 0.25) is 0 Å². The second-order valence-electron chi connectivity index (χ2n) is 8.45. The summed E-state index contributed by atoms with van der Waals surface area (Å²) in [6.07, 6.45) is 8.17. The zero-order valence-corrected chi connectivity index (χ0v) is 19.9. The molecule has 0 radical (unpaired) electrons. The lowest BCUT2D eigenvalue weighted by Gasteiger charge is -2.31. The molecule has 1 saturated heterocycles. The van der Waals surface area contributed by atoms with Crippen molar-refractivity contribution in [2.75, 3.05) is 46.6 Å². The van der Waals surface area contributed by atoms with Crippen LogP contribution in [0.1, 0.15) is 44.1 Å². The Morgan fingerprint density at radius 1 is 1.19 bits per heavy atom. The van der Waals surface area contributed by atoms with E-state index in [1.54, 1.807) is 6.07 Å². The molecule has 2 aliphatic rings. The summed E-state index contributed by atoms with van der Waals surface area (Å²) in [7, 11) is -1.40. The van der Waals surface area contributed by atoms with Crippen LogP contribution in [0, 0.1) is 0 Å². The highest BCUT2D eigenvalue weighted by Crippen LogP contribution is 2.32. The molecule has 0 aromatic heterocycles. The van der Waals surface area contributed by atoms with Crippen LogP contribution in [0.4, 0.5) is 0 Å². The largest absolute Gasteiger partial charge is 0.454 e. The molecule has 0 amide bonds. The van der Waals surface area contributed by atoms with Crippen LogP contribution in [0.25, 0.3) is 0 Å². The van der Waals surface area contributed by atoms with Crippen molar-refractivity contribution in [3.63, 3.8) is 0 Å². The van der Waals surface area contributed by atoms with Crippen LogP contribution in [0.15, 0.2) is 30.9 Å². The predicted molar refractivity (Wildman–Crippen MR) is 125 cm³/mol. The van der Waals surface area contributed by atoms with Crippen LogP contribution in [0.3, 0.4) is 0 Å². The topological polar surface area (TPSA) is 80.3 Å². The average molecular weight is 468 g/mol. The van der Waals surface area contributed by atoms with E-state index in [4.69, 9.17) is 14.2 Å². The Balaban J connectivity index is 1.28. The molecule has 3 rings (SSSR count). The summed E-state index contributed by atoms with van der Waals surface area (Å²) < 4.78 is 46.1. The fourth-order valence-electron chi connectivity index (χ4n) is 3.95. The number of hydrogen-bond donors (Lipinski definition) is 1. The molecular weight excluding hydrogens is 430 g/mol. The van der Waals surface area contributed by atoms with Gasteiger partial charge in [0.05, 0.1) is 6.10 Å². The summed E-state index contributed by atoms with van der Waals surface area (Å²) in [5.74, 6) is 1.34. The van der Waals surface area contributed by atoms with Gasteiger partial charge >= 0.3 is 0 Å². The second kappa shape index (κ2) is 12.6. The van der Waals surface area contributed by atoms with Crippen molar-refractivity contribution in [3.8, 4) is 11.5 Å². The van der Waals surface area contributed by atoms with Gasteiger partial charge in [0.2, 0.25) is 6.79 Å². The number of nitrogens with zero attached hydrogens (tertiary/aromatic N) is 2. The molecule has 0 saturated carbocycles. The van der Waals surface area contributed by atoms with Crippen molar-refractivity contribution in [1.29, 1.82) is 0 Å². The van der Waals surface area contributed by atoms with Crippen molar-refractivity contribution in [3.05, 3.63) is 36.4 Å². The van der Waals surface area contributed by atoms with Crippen molar-refractivity contribution in [2.45, 2.75) is 51.2 Å². The Morgan fingerprint density at radius 2 is 1.94 bits per heavy atom. The monoisotopic (exact) mass is 467 g/mol. The van der Waals surface area contributed by atoms with E-state index in [2.05, 4.69) is 23.2 Å². The number of nitrogens with one attached hydrogen (secondary N) is 1. The zero-order chi connectivity index (χ0) is 22.8. The minimum Gasteiger partial charge on any atom is -0.454 e. The van der Waals surface area contributed by atoms with Crippen molar-refractivity contribution < 1.29 is 22.6 Å². The lowest BCUT2D eigenvalue weighted by molar-refractivity contribution is 0.0190. The van der Waals surface area contributed by atoms with Gasteiger partial charge in [0.25, 0.3) is 10.2 Å². The average Bonchev–Trinajstić information content (AvgIpc) is 3.25. The maximum atomic E-state index is 12.7. The summed E-state index contributed by atoms with van der Waals surface area (Å²) in [5.41, 5.74) is 0.836. The molecule has 1 aromatic carbocycles. The number of benzene rings is 1. The zero-order valence-electron chi connectivity index (χ0n) is 19.1. The normalized spacial score (nSPS) is 17.2. The Hall–Kier alpha value is -1.65. The quantitative estimate of drug-likeness (QED) is 0.335. The first-order valence-electron chi connectivity index (χ1n) is 11.5. The molecule has 0 spiro atoms. The highest BCUT2D eigenvalue weighted by atomic mass is 32.2. The van der Waals surface area contributed by atoms with Gasteiger partial charge < -0.3 is 19.1 Å². The minimum atomic E-state index is -3.52. The standard InChI is InChI=1S/C23H37N3O5S/c1-3-12-25(2)13-6-4-5-7-16-29-21-10-14-26(15-11-21)32(27,28)24-18-20-8-9-22-23(17-20)31-19-30-22/h3,8-9,17,21,24H,1,4-7,10-16,18-19H2,2H3. The summed E-state index contributed by atoms with van der Waals surface area (Å²) in [4.78, 5) is 2.27. The summed E-state index contributed by atoms with van der Waals surface area (Å²) in [6.45, 7) is 7.94. The van der Waals surface area contributed by atoms with Gasteiger partial charge in [0.1, 0.15) is 0 Å². The van der Waals surface area contributed by atoms with Crippen molar-refractivity contribution in [1.82, 2.24) is 13.9 Å². The maximum absolute atomic E-state index is 12.7. The first-order chi connectivity index (χ1) is 15.5. The van der Waals surface area contributed by atoms with Gasteiger partial charge in [0, 0.05) is 32.8 Å². The van der Waals surface area contributed by atoms with Gasteiger partial charge in [-0.15, -0.1) is 6.58 Å². The van der Waals surface area contributed by atoms with Crippen LogP contribution in [-0.4, -0.2) is 70.4 Å². The first kappa shape index (κ1) is 25.0. The van der Waals surface area contributed by atoms with Crippen molar-refractivity contribution >= 4 is 10.2 Å². The third-order valence-corrected chi connectivity index (χ3v) is 7.42. The summed E-state index contributed by atoms with van der Waals surface area (Å²) in [6, 6.07) is 5.45. The minimum absolute atomic E-state index is 0.147. The molecule has 2 aliphatic heterocycles. The molecule has 180 valence electrons. The number of rotatable bonds is 14. The lowest BCUT2D eigenvalue weighted by Crippen LogP contribution is -2.46. The molecule has 1 N–H and O–H groups in total. The van der Waals surface area contributed by atoms with Crippen LogP contribution < -0.4 is 14.2 Å². The number of likely N-dealkylation sites (N-methyl/N-ethyl adjacent to an activating group) is 1. The third-order valence-electron chi connectivity index (χ3n) is 5.87. The number of piperidine rings is 1. The van der Waals surface area contributed by atoms with Gasteiger partial charge in [-0.2, -0.15) is 17.4 Å². The number of unbranched alkanes of at least 4 members (excludes halogenated alkanes) is 3. The van der Waals surface area contributed by atoms with Gasteiger partial charge in [-0.3, -0.25) is 0 Å². The van der Waals surface area contributed by atoms with E-state index in [9.17, 15) is 8.42 Å². The summed E-state index contributed by atoms with van der Waals surface area (Å²) in [5, 5.41) is 0. The maximum Gasteiger partial charge on any atom is 0.279 e. The van der Waals surface area contributed by atoms with Gasteiger partial charge in [-0.05, 0) is 57.0 Å². The fraction of sp³-hybridized carbons (Fsp3) is 0.652. The molecule has 9 heteroatoms. The lowest BCUT2D eigenvalue weighted by atomic mass is 10.1. The Kier molecular flexibility index (Phi) is 9.80. The van der Waals surface area contributed by atoms with E-state index < -0.39 is 10.2 Å². The Bertz CT molecular complexity index is 825. The molecule has 8 nitrogen and oxygen atoms in total. The van der Waals surface area contributed by atoms with Gasteiger partial charge in [-0.1, -0.05) is 25.0 Å². The van der Waals surface area contributed by atoms with E-state index in [1.807, 2.05) is 18.2 Å². The molecule has 0 unspecified atom stereocenters. The van der Waals surface area contributed by atoms with Crippen molar-refractivity contribution in [2.24, 2.45) is 0 Å². The third kappa shape index (κ3) is 7.74. The number of hydrogen-bond acceptors (Lipinski definition) is 6. The van der Waals surface area contributed by atoms with E-state index >= 15 is 0 Å². The molecule has 1 aromatic rings. The highest BCUT2D eigenvalue weighted by molar-refractivity contribution is 7.87. The van der Waals surface area contributed by atoms with Gasteiger partial charge in [0.15, 0.2) is 11.5 Å². The molecule has 32 heavy (non-hydrogen) atoms. The van der Waals surface area contributed by atoms with E-state index in [0.29, 0.717) is 24.6 Å². The molecule has 0 bridgehead atoms. The van der Waals surface area contributed by atoms with Crippen LogP contribution >= 0.6 is 0 Å². The Morgan fingerprint density at radius 3 is 2.72 bits per heavy atom. The van der Waals surface area contributed by atoms with Crippen LogP contribution in [0.5, 0.6) is 11.5 Å². The Labute approximate surface area is 192 Å². The molecule has 2 heterocycles. The molecule has 0 atom stereocenters. The molecule has 1 fully saturated rings. The molecular formula is C23H37N3O5S. The SMILES string of the molecule is C=CCN(C)CCCCCCOC1CCN(S(=O)(=O)NCc2ccc3c(c2)OCO3)CC1. The van der Waals surface area contributed by atoms with Crippen LogP contribution in [-0.2, 0) is 21.5 Å². The first-order valence-corrected chi connectivity index (χ1v) is 13.0. The summed E-state index contributed by atoms with van der Waals surface area (Å²) >= 11 is 0. The smallest absolute Gasteiger partial charge is 0.279 e. The predicted octanol–water partition coefficient (Wildman–Crippen LogP) is 2.91.